The van der Waals surface area contributed by atoms with E-state index in [0.29, 0.717) is 0 Å². The van der Waals surface area contributed by atoms with Gasteiger partial charge in [0.1, 0.15) is 6.61 Å². The Labute approximate surface area is 147 Å². The summed E-state index contributed by atoms with van der Waals surface area (Å²) in [4.78, 5) is 26.5. The van der Waals surface area contributed by atoms with Crippen LogP contribution in [0.2, 0.25) is 0 Å². The van der Waals surface area contributed by atoms with Gasteiger partial charge in [-0.25, -0.2) is 0 Å². The van der Waals surface area contributed by atoms with E-state index in [9.17, 15) is 9.59 Å². The second kappa shape index (κ2) is 7.49. The van der Waals surface area contributed by atoms with Crippen LogP contribution in [0.3, 0.4) is 0 Å². The predicted octanol–water partition coefficient (Wildman–Crippen LogP) is 2.46. The van der Waals surface area contributed by atoms with E-state index < -0.39 is 12.1 Å². The Morgan fingerprint density at radius 2 is 1.72 bits per heavy atom. The van der Waals surface area contributed by atoms with E-state index in [2.05, 4.69) is 5.32 Å². The van der Waals surface area contributed by atoms with Crippen LogP contribution in [0.4, 0.5) is 0 Å². The highest BCUT2D eigenvalue weighted by Gasteiger charge is 2.40. The van der Waals surface area contributed by atoms with Crippen LogP contribution < -0.4 is 5.32 Å². The zero-order valence-electron chi connectivity index (χ0n) is 14.4. The maximum absolute atomic E-state index is 12.8. The third-order valence-electron chi connectivity index (χ3n) is 4.54. The first-order chi connectivity index (χ1) is 12.1. The zero-order valence-corrected chi connectivity index (χ0v) is 14.4. The molecule has 0 unspecified atom stereocenters. The third-order valence-corrected chi connectivity index (χ3v) is 4.54. The van der Waals surface area contributed by atoms with Crippen molar-refractivity contribution < 1.29 is 14.3 Å². The lowest BCUT2D eigenvalue weighted by Crippen LogP contribution is -2.53. The first-order valence-electron chi connectivity index (χ1n) is 8.35. The number of nitrogens with zero attached hydrogens (tertiary/aromatic N) is 1. The minimum atomic E-state index is -0.740. The normalized spacial score (nSPS) is 21.7. The number of amides is 2. The third kappa shape index (κ3) is 3.72. The molecule has 0 saturated carbocycles. The van der Waals surface area contributed by atoms with Crippen molar-refractivity contribution in [3.8, 4) is 0 Å². The summed E-state index contributed by atoms with van der Waals surface area (Å²) in [5.74, 6) is -0.349. The highest BCUT2D eigenvalue weighted by atomic mass is 16.5. The maximum atomic E-state index is 12.8. The molecule has 2 amide bonds. The van der Waals surface area contributed by atoms with E-state index in [4.69, 9.17) is 4.74 Å². The van der Waals surface area contributed by atoms with Gasteiger partial charge in [0.2, 0.25) is 5.91 Å². The molecule has 1 fully saturated rings. The van der Waals surface area contributed by atoms with Crippen molar-refractivity contribution in [3.05, 3.63) is 71.8 Å². The van der Waals surface area contributed by atoms with Crippen molar-refractivity contribution in [2.24, 2.45) is 0 Å². The summed E-state index contributed by atoms with van der Waals surface area (Å²) in [5.41, 5.74) is 1.90. The van der Waals surface area contributed by atoms with E-state index in [1.54, 1.807) is 11.9 Å². The van der Waals surface area contributed by atoms with Gasteiger partial charge in [-0.2, -0.15) is 0 Å². The molecule has 3 rings (SSSR count). The number of benzene rings is 2. The molecular formula is C20H22N2O3. The van der Waals surface area contributed by atoms with Crippen LogP contribution in [0.25, 0.3) is 0 Å². The standard InChI is InChI=1S/C20H22N2O3/c1-14(15-9-5-3-6-10-15)21-20(24)19-18(16-11-7-4-8-12-16)22(2)17(23)13-25-19/h3-12,14,18-19H,13H2,1-2H3,(H,21,24)/t14-,18+,19+/m0/s1. The summed E-state index contributed by atoms with van der Waals surface area (Å²) in [5, 5.41) is 3.00. The number of carbonyl (C=O) groups is 2. The van der Waals surface area contributed by atoms with E-state index in [0.717, 1.165) is 11.1 Å². The number of likely N-dealkylation sites (N-methyl/N-ethyl adjacent to an activating group) is 1. The molecule has 0 radical (unpaired) electrons. The largest absolute Gasteiger partial charge is 0.356 e. The predicted molar refractivity (Wildman–Crippen MR) is 94.7 cm³/mol. The van der Waals surface area contributed by atoms with Crippen molar-refractivity contribution in [3.63, 3.8) is 0 Å². The lowest BCUT2D eigenvalue weighted by Gasteiger charge is -2.38. The molecule has 130 valence electrons. The molecule has 5 nitrogen and oxygen atoms in total. The van der Waals surface area contributed by atoms with Crippen LogP contribution >= 0.6 is 0 Å². The number of ether oxygens (including phenoxy) is 1. The molecule has 1 aliphatic rings. The number of carbonyl (C=O) groups excluding carboxylic acids is 2. The van der Waals surface area contributed by atoms with Gasteiger partial charge in [0.05, 0.1) is 12.1 Å². The van der Waals surface area contributed by atoms with Gasteiger partial charge in [-0.3, -0.25) is 9.59 Å². The van der Waals surface area contributed by atoms with E-state index in [-0.39, 0.29) is 24.5 Å². The van der Waals surface area contributed by atoms with Crippen LogP contribution in [-0.2, 0) is 14.3 Å². The quantitative estimate of drug-likeness (QED) is 0.932. The molecule has 1 aliphatic heterocycles. The Bertz CT molecular complexity index is 733. The molecule has 1 N–H and O–H groups in total. The molecule has 2 aromatic rings. The minimum Gasteiger partial charge on any atom is -0.356 e. The molecule has 0 aliphatic carbocycles. The Kier molecular flexibility index (Phi) is 5.14. The molecule has 1 saturated heterocycles. The molecule has 1 heterocycles. The molecular weight excluding hydrogens is 316 g/mol. The number of rotatable bonds is 4. The number of hydrogen-bond donors (Lipinski definition) is 1. The summed E-state index contributed by atoms with van der Waals surface area (Å²) in [7, 11) is 1.71. The molecule has 5 heteroatoms. The fraction of sp³-hybridized carbons (Fsp3) is 0.300. The van der Waals surface area contributed by atoms with Crippen LogP contribution in [0.15, 0.2) is 60.7 Å². The lowest BCUT2D eigenvalue weighted by atomic mass is 9.97. The van der Waals surface area contributed by atoms with Crippen LogP contribution in [0.1, 0.15) is 30.1 Å². The lowest BCUT2D eigenvalue weighted by molar-refractivity contribution is -0.162. The first kappa shape index (κ1) is 17.2. The van der Waals surface area contributed by atoms with Crippen molar-refractivity contribution >= 4 is 11.8 Å². The summed E-state index contributed by atoms with van der Waals surface area (Å²) in [6, 6.07) is 18.7. The molecule has 0 bridgehead atoms. The highest BCUT2D eigenvalue weighted by molar-refractivity contribution is 5.86. The summed E-state index contributed by atoms with van der Waals surface area (Å²) >= 11 is 0. The van der Waals surface area contributed by atoms with Gasteiger partial charge >= 0.3 is 0 Å². The van der Waals surface area contributed by atoms with Crippen molar-refractivity contribution in [2.75, 3.05) is 13.7 Å². The summed E-state index contributed by atoms with van der Waals surface area (Å²) in [6.07, 6.45) is -0.740. The summed E-state index contributed by atoms with van der Waals surface area (Å²) < 4.78 is 5.62. The molecule has 0 spiro atoms. The van der Waals surface area contributed by atoms with Gasteiger partial charge in [0, 0.05) is 7.05 Å². The smallest absolute Gasteiger partial charge is 0.252 e. The average Bonchev–Trinajstić information content (AvgIpc) is 2.65. The topological polar surface area (TPSA) is 58.6 Å². The van der Waals surface area contributed by atoms with Gasteiger partial charge in [0.15, 0.2) is 6.10 Å². The van der Waals surface area contributed by atoms with E-state index >= 15 is 0 Å². The zero-order chi connectivity index (χ0) is 17.8. The minimum absolute atomic E-state index is 0.0857. The van der Waals surface area contributed by atoms with Gasteiger partial charge in [0.25, 0.3) is 5.91 Å². The van der Waals surface area contributed by atoms with E-state index in [1.165, 1.54) is 0 Å². The van der Waals surface area contributed by atoms with Crippen LogP contribution in [0.5, 0.6) is 0 Å². The van der Waals surface area contributed by atoms with Crippen molar-refractivity contribution in [2.45, 2.75) is 25.1 Å². The number of hydrogen-bond acceptors (Lipinski definition) is 3. The second-order valence-corrected chi connectivity index (χ2v) is 6.23. The molecule has 0 aromatic heterocycles. The number of nitrogens with one attached hydrogen (secondary N) is 1. The first-order valence-corrected chi connectivity index (χ1v) is 8.35. The molecule has 3 atom stereocenters. The molecule has 2 aromatic carbocycles. The second-order valence-electron chi connectivity index (χ2n) is 6.23. The highest BCUT2D eigenvalue weighted by Crippen LogP contribution is 2.29. The maximum Gasteiger partial charge on any atom is 0.252 e. The Morgan fingerprint density at radius 1 is 1.12 bits per heavy atom. The fourth-order valence-corrected chi connectivity index (χ4v) is 3.10. The van der Waals surface area contributed by atoms with Gasteiger partial charge < -0.3 is 15.0 Å². The monoisotopic (exact) mass is 338 g/mol. The Morgan fingerprint density at radius 3 is 2.36 bits per heavy atom. The van der Waals surface area contributed by atoms with Gasteiger partial charge in [-0.15, -0.1) is 0 Å². The van der Waals surface area contributed by atoms with E-state index in [1.807, 2.05) is 67.6 Å². The van der Waals surface area contributed by atoms with Gasteiger partial charge in [-0.1, -0.05) is 60.7 Å². The Balaban J connectivity index is 1.80. The van der Waals surface area contributed by atoms with Crippen LogP contribution in [0, 0.1) is 0 Å². The summed E-state index contributed by atoms with van der Waals surface area (Å²) in [6.45, 7) is 1.85. The SMILES string of the molecule is C[C@H](NC(=O)[C@@H]1OCC(=O)N(C)[C@@H]1c1ccccc1)c1ccccc1. The molecule has 25 heavy (non-hydrogen) atoms. The average molecular weight is 338 g/mol. The fourth-order valence-electron chi connectivity index (χ4n) is 3.10. The Hall–Kier alpha value is -2.66. The van der Waals surface area contributed by atoms with Crippen molar-refractivity contribution in [1.29, 1.82) is 0 Å². The van der Waals surface area contributed by atoms with Crippen LogP contribution in [-0.4, -0.2) is 36.5 Å². The van der Waals surface area contributed by atoms with Crippen molar-refractivity contribution in [1.82, 2.24) is 10.2 Å². The van der Waals surface area contributed by atoms with Gasteiger partial charge in [-0.05, 0) is 18.1 Å². The number of morpholine rings is 1.